The molecule has 2 N–H and O–H groups in total. The summed E-state index contributed by atoms with van der Waals surface area (Å²) < 4.78 is 10.9. The number of nitrogens with one attached hydrogen (secondary N) is 2. The van der Waals surface area contributed by atoms with Crippen LogP contribution in [0.1, 0.15) is 23.8 Å². The predicted octanol–water partition coefficient (Wildman–Crippen LogP) is 1.52. The van der Waals surface area contributed by atoms with Crippen molar-refractivity contribution >= 4 is 11.8 Å². The molecule has 1 aliphatic heterocycles. The van der Waals surface area contributed by atoms with E-state index in [1.54, 1.807) is 6.26 Å². The molecular formula is C21H27N3O4. The van der Waals surface area contributed by atoms with E-state index in [1.807, 2.05) is 30.3 Å². The lowest BCUT2D eigenvalue weighted by Crippen LogP contribution is -2.46. The molecule has 0 aliphatic carbocycles. The van der Waals surface area contributed by atoms with E-state index < -0.39 is 11.8 Å². The third kappa shape index (κ3) is 5.94. The van der Waals surface area contributed by atoms with Crippen LogP contribution in [-0.2, 0) is 20.7 Å². The topological polar surface area (TPSA) is 83.8 Å². The Labute approximate surface area is 165 Å². The van der Waals surface area contributed by atoms with Gasteiger partial charge in [0.25, 0.3) is 0 Å². The Balaban J connectivity index is 1.42. The van der Waals surface area contributed by atoms with Crippen molar-refractivity contribution in [3.8, 4) is 0 Å². The van der Waals surface area contributed by atoms with Gasteiger partial charge in [0.1, 0.15) is 5.76 Å². The molecule has 2 amide bonds. The Kier molecular flexibility index (Phi) is 7.63. The number of ether oxygens (including phenoxy) is 1. The predicted molar refractivity (Wildman–Crippen MR) is 105 cm³/mol. The van der Waals surface area contributed by atoms with E-state index >= 15 is 0 Å². The van der Waals surface area contributed by atoms with Crippen LogP contribution in [0.3, 0.4) is 0 Å². The van der Waals surface area contributed by atoms with Gasteiger partial charge in [0.05, 0.1) is 25.5 Å². The van der Waals surface area contributed by atoms with Crippen molar-refractivity contribution in [3.05, 3.63) is 60.1 Å². The quantitative estimate of drug-likeness (QED) is 0.532. The van der Waals surface area contributed by atoms with E-state index in [0.717, 1.165) is 31.7 Å². The molecule has 1 atom stereocenters. The van der Waals surface area contributed by atoms with E-state index in [9.17, 15) is 9.59 Å². The zero-order valence-electron chi connectivity index (χ0n) is 15.9. The highest BCUT2D eigenvalue weighted by atomic mass is 16.5. The van der Waals surface area contributed by atoms with Gasteiger partial charge in [0.2, 0.25) is 0 Å². The van der Waals surface area contributed by atoms with Gasteiger partial charge < -0.3 is 19.8 Å². The van der Waals surface area contributed by atoms with Crippen molar-refractivity contribution < 1.29 is 18.7 Å². The molecule has 2 aromatic rings. The van der Waals surface area contributed by atoms with E-state index in [2.05, 4.69) is 27.7 Å². The Morgan fingerprint density at radius 2 is 1.75 bits per heavy atom. The lowest BCUT2D eigenvalue weighted by atomic mass is 10.1. The summed E-state index contributed by atoms with van der Waals surface area (Å²) >= 11 is 0. The van der Waals surface area contributed by atoms with Gasteiger partial charge in [0, 0.05) is 26.2 Å². The van der Waals surface area contributed by atoms with E-state index in [0.29, 0.717) is 26.3 Å². The van der Waals surface area contributed by atoms with Gasteiger partial charge in [-0.15, -0.1) is 0 Å². The van der Waals surface area contributed by atoms with E-state index in [-0.39, 0.29) is 6.04 Å². The van der Waals surface area contributed by atoms with Crippen LogP contribution in [0.4, 0.5) is 0 Å². The number of morpholine rings is 1. The largest absolute Gasteiger partial charge is 0.468 e. The standard InChI is InChI=1S/C21H27N3O4/c25-20(22-10-4-8-17-6-2-1-3-7-17)21(26)23-16-18(19-9-5-13-28-19)24-11-14-27-15-12-24/h1-3,5-7,9,13,18H,4,8,10-12,14-16H2,(H,22,25)(H,23,26)/t18-/m0/s1. The lowest BCUT2D eigenvalue weighted by Gasteiger charge is -2.33. The number of carbonyl (C=O) groups is 2. The molecule has 1 aromatic carbocycles. The first-order chi connectivity index (χ1) is 13.7. The Morgan fingerprint density at radius 1 is 1.00 bits per heavy atom. The molecule has 1 saturated heterocycles. The Morgan fingerprint density at radius 3 is 2.46 bits per heavy atom. The molecule has 1 aromatic heterocycles. The van der Waals surface area contributed by atoms with Crippen LogP contribution in [0, 0.1) is 0 Å². The zero-order chi connectivity index (χ0) is 19.6. The molecule has 0 saturated carbocycles. The smallest absolute Gasteiger partial charge is 0.309 e. The second-order valence-electron chi connectivity index (χ2n) is 6.73. The maximum Gasteiger partial charge on any atom is 0.309 e. The fourth-order valence-corrected chi connectivity index (χ4v) is 3.27. The summed E-state index contributed by atoms with van der Waals surface area (Å²) in [6.07, 6.45) is 3.26. The second-order valence-corrected chi connectivity index (χ2v) is 6.73. The molecule has 1 aliphatic rings. The maximum atomic E-state index is 12.2. The number of rotatable bonds is 8. The number of amides is 2. The van der Waals surface area contributed by atoms with Crippen LogP contribution in [0.15, 0.2) is 53.1 Å². The third-order valence-electron chi connectivity index (χ3n) is 4.79. The number of furan rings is 1. The van der Waals surface area contributed by atoms with Crippen molar-refractivity contribution in [1.29, 1.82) is 0 Å². The van der Waals surface area contributed by atoms with Crippen molar-refractivity contribution in [2.24, 2.45) is 0 Å². The molecule has 0 bridgehead atoms. The average Bonchev–Trinajstić information content (AvgIpc) is 3.27. The summed E-state index contributed by atoms with van der Waals surface area (Å²) in [6.45, 7) is 3.58. The van der Waals surface area contributed by atoms with Crippen molar-refractivity contribution in [3.63, 3.8) is 0 Å². The molecular weight excluding hydrogens is 358 g/mol. The Bertz CT molecular complexity index is 727. The second kappa shape index (κ2) is 10.6. The molecule has 0 spiro atoms. The highest BCUT2D eigenvalue weighted by Crippen LogP contribution is 2.21. The molecule has 7 nitrogen and oxygen atoms in total. The van der Waals surface area contributed by atoms with Crippen molar-refractivity contribution in [1.82, 2.24) is 15.5 Å². The number of carbonyl (C=O) groups excluding carboxylic acids is 2. The van der Waals surface area contributed by atoms with Crippen LogP contribution in [0.5, 0.6) is 0 Å². The van der Waals surface area contributed by atoms with E-state index in [4.69, 9.17) is 9.15 Å². The van der Waals surface area contributed by atoms with Gasteiger partial charge in [-0.05, 0) is 30.5 Å². The van der Waals surface area contributed by atoms with Gasteiger partial charge in [-0.25, -0.2) is 0 Å². The van der Waals surface area contributed by atoms with Gasteiger partial charge in [0.15, 0.2) is 0 Å². The molecule has 7 heteroatoms. The molecule has 2 heterocycles. The zero-order valence-corrected chi connectivity index (χ0v) is 15.9. The normalized spacial score (nSPS) is 15.7. The summed E-state index contributed by atoms with van der Waals surface area (Å²) in [5.41, 5.74) is 1.22. The van der Waals surface area contributed by atoms with Crippen LogP contribution in [-0.4, -0.2) is 56.1 Å². The van der Waals surface area contributed by atoms with Crippen molar-refractivity contribution in [2.45, 2.75) is 18.9 Å². The van der Waals surface area contributed by atoms with Gasteiger partial charge in [-0.3, -0.25) is 14.5 Å². The van der Waals surface area contributed by atoms with Crippen LogP contribution >= 0.6 is 0 Å². The minimum absolute atomic E-state index is 0.117. The van der Waals surface area contributed by atoms with Gasteiger partial charge in [-0.2, -0.15) is 0 Å². The summed E-state index contributed by atoms with van der Waals surface area (Å²) in [7, 11) is 0. The Hall–Kier alpha value is -2.64. The van der Waals surface area contributed by atoms with Gasteiger partial charge in [-0.1, -0.05) is 30.3 Å². The minimum Gasteiger partial charge on any atom is -0.468 e. The molecule has 150 valence electrons. The van der Waals surface area contributed by atoms with Crippen molar-refractivity contribution in [2.75, 3.05) is 39.4 Å². The molecule has 3 rings (SSSR count). The van der Waals surface area contributed by atoms with Crippen LogP contribution in [0.2, 0.25) is 0 Å². The first kappa shape index (κ1) is 20.1. The lowest BCUT2D eigenvalue weighted by molar-refractivity contribution is -0.139. The monoisotopic (exact) mass is 385 g/mol. The molecule has 0 unspecified atom stereocenters. The first-order valence-electron chi connectivity index (χ1n) is 9.69. The summed E-state index contributed by atoms with van der Waals surface area (Å²) in [5, 5.41) is 5.42. The number of nitrogens with zero attached hydrogens (tertiary/aromatic N) is 1. The minimum atomic E-state index is -0.621. The molecule has 1 fully saturated rings. The summed E-state index contributed by atoms with van der Waals surface area (Å²) in [5.74, 6) is -0.455. The number of hydrogen-bond donors (Lipinski definition) is 2. The number of benzene rings is 1. The number of hydrogen-bond acceptors (Lipinski definition) is 5. The highest BCUT2D eigenvalue weighted by molar-refractivity contribution is 6.35. The number of aryl methyl sites for hydroxylation is 1. The maximum absolute atomic E-state index is 12.2. The molecule has 0 radical (unpaired) electrons. The molecule has 28 heavy (non-hydrogen) atoms. The summed E-state index contributed by atoms with van der Waals surface area (Å²) in [4.78, 5) is 26.4. The highest BCUT2D eigenvalue weighted by Gasteiger charge is 2.26. The van der Waals surface area contributed by atoms with Gasteiger partial charge >= 0.3 is 11.8 Å². The average molecular weight is 385 g/mol. The van der Waals surface area contributed by atoms with Crippen LogP contribution in [0.25, 0.3) is 0 Å². The SMILES string of the molecule is O=C(NCCCc1ccccc1)C(=O)NC[C@@H](c1ccco1)N1CCOCC1. The fraction of sp³-hybridized carbons (Fsp3) is 0.429. The van der Waals surface area contributed by atoms with E-state index in [1.165, 1.54) is 5.56 Å². The fourth-order valence-electron chi connectivity index (χ4n) is 3.27. The van der Waals surface area contributed by atoms with Crippen LogP contribution < -0.4 is 10.6 Å². The first-order valence-corrected chi connectivity index (χ1v) is 9.69. The summed E-state index contributed by atoms with van der Waals surface area (Å²) in [6, 6.07) is 13.6. The third-order valence-corrected chi connectivity index (χ3v) is 4.79.